The molecule has 0 aliphatic rings. The molecule has 0 unspecified atom stereocenters. The Morgan fingerprint density at radius 1 is 1.06 bits per heavy atom. The van der Waals surface area contributed by atoms with Crippen LogP contribution in [0.1, 0.15) is 5.56 Å². The molecule has 0 amide bonds. The first-order valence-electron chi connectivity index (χ1n) is 5.70. The van der Waals surface area contributed by atoms with E-state index in [-0.39, 0.29) is 0 Å². The number of nitrogens with one attached hydrogen (secondary N) is 1. The van der Waals surface area contributed by atoms with E-state index in [4.69, 9.17) is 10.2 Å². The van der Waals surface area contributed by atoms with Crippen LogP contribution in [-0.4, -0.2) is 9.97 Å². The maximum atomic E-state index is 5.78. The smallest absolute Gasteiger partial charge is 0.197 e. The predicted octanol–water partition coefficient (Wildman–Crippen LogP) is 3.23. The summed E-state index contributed by atoms with van der Waals surface area (Å²) in [6.45, 7) is 2.06. The number of H-pyrrole nitrogens is 1. The molecule has 0 fully saturated rings. The predicted molar refractivity (Wildman–Crippen MR) is 70.9 cm³/mol. The largest absolute Gasteiger partial charge is 0.454 e. The second-order valence-corrected chi connectivity index (χ2v) is 4.21. The number of hydrogen-bond donors (Lipinski definition) is 2. The van der Waals surface area contributed by atoms with Crippen molar-refractivity contribution < 1.29 is 4.42 Å². The van der Waals surface area contributed by atoms with Gasteiger partial charge in [-0.3, -0.25) is 0 Å². The van der Waals surface area contributed by atoms with Crippen LogP contribution in [0.15, 0.2) is 47.0 Å². The van der Waals surface area contributed by atoms with E-state index in [2.05, 4.69) is 29.0 Å². The third-order valence-electron chi connectivity index (χ3n) is 2.80. The lowest BCUT2D eigenvalue weighted by Gasteiger charge is -1.97. The van der Waals surface area contributed by atoms with E-state index in [1.54, 1.807) is 6.20 Å². The number of anilines is 1. The van der Waals surface area contributed by atoms with Gasteiger partial charge in [0.25, 0.3) is 0 Å². The number of aromatic amines is 1. The minimum absolute atomic E-state index is 0.387. The minimum atomic E-state index is 0.387. The highest BCUT2D eigenvalue weighted by Crippen LogP contribution is 2.27. The van der Waals surface area contributed by atoms with Crippen molar-refractivity contribution >= 4 is 5.95 Å². The first-order chi connectivity index (χ1) is 8.72. The van der Waals surface area contributed by atoms with Gasteiger partial charge in [0.1, 0.15) is 11.5 Å². The van der Waals surface area contributed by atoms with Crippen LogP contribution >= 0.6 is 0 Å². The number of aryl methyl sites for hydroxylation is 1. The first kappa shape index (κ1) is 10.7. The van der Waals surface area contributed by atoms with Crippen LogP contribution in [-0.2, 0) is 0 Å². The zero-order chi connectivity index (χ0) is 12.5. The third-order valence-corrected chi connectivity index (χ3v) is 2.80. The van der Waals surface area contributed by atoms with Gasteiger partial charge in [-0.1, -0.05) is 29.8 Å². The molecule has 0 atom stereocenters. The Kier molecular flexibility index (Phi) is 2.41. The van der Waals surface area contributed by atoms with Crippen molar-refractivity contribution in [2.24, 2.45) is 0 Å². The fraction of sp³-hybridized carbons (Fsp3) is 0.0714. The molecule has 4 nitrogen and oxygen atoms in total. The van der Waals surface area contributed by atoms with Crippen LogP contribution in [0.3, 0.4) is 0 Å². The molecule has 2 aromatic heterocycles. The van der Waals surface area contributed by atoms with Crippen LogP contribution in [0.25, 0.3) is 22.8 Å². The Balaban J connectivity index is 1.96. The van der Waals surface area contributed by atoms with Crippen molar-refractivity contribution in [3.05, 3.63) is 48.2 Å². The second-order valence-electron chi connectivity index (χ2n) is 4.21. The van der Waals surface area contributed by atoms with Crippen molar-refractivity contribution in [3.8, 4) is 22.8 Å². The molecule has 0 saturated carbocycles. The lowest BCUT2D eigenvalue weighted by molar-refractivity contribution is 0.595. The van der Waals surface area contributed by atoms with Gasteiger partial charge < -0.3 is 15.1 Å². The number of nitrogens with zero attached hydrogens (tertiary/aromatic N) is 1. The van der Waals surface area contributed by atoms with Crippen molar-refractivity contribution in [1.82, 2.24) is 9.97 Å². The summed E-state index contributed by atoms with van der Waals surface area (Å²) in [6.07, 6.45) is 1.66. The summed E-state index contributed by atoms with van der Waals surface area (Å²) in [5.74, 6) is 1.95. The molecular weight excluding hydrogens is 226 g/mol. The number of hydrogen-bond acceptors (Lipinski definition) is 3. The number of furan rings is 1. The van der Waals surface area contributed by atoms with Gasteiger partial charge in [-0.2, -0.15) is 0 Å². The first-order valence-corrected chi connectivity index (χ1v) is 5.70. The van der Waals surface area contributed by atoms with Crippen LogP contribution in [0.4, 0.5) is 5.95 Å². The van der Waals surface area contributed by atoms with Gasteiger partial charge in [-0.05, 0) is 19.1 Å². The Hall–Kier alpha value is -2.49. The van der Waals surface area contributed by atoms with Crippen LogP contribution in [0, 0.1) is 6.92 Å². The molecule has 0 bridgehead atoms. The van der Waals surface area contributed by atoms with E-state index < -0.39 is 0 Å². The van der Waals surface area contributed by atoms with Crippen molar-refractivity contribution in [3.63, 3.8) is 0 Å². The van der Waals surface area contributed by atoms with Gasteiger partial charge in [-0.15, -0.1) is 0 Å². The molecule has 3 N–H and O–H groups in total. The van der Waals surface area contributed by atoms with Gasteiger partial charge in [0.2, 0.25) is 0 Å². The van der Waals surface area contributed by atoms with Crippen LogP contribution in [0.5, 0.6) is 0 Å². The highest BCUT2D eigenvalue weighted by Gasteiger charge is 2.08. The molecule has 3 aromatic rings. The maximum absolute atomic E-state index is 5.78. The highest BCUT2D eigenvalue weighted by molar-refractivity contribution is 5.63. The average Bonchev–Trinajstić information content (AvgIpc) is 2.98. The zero-order valence-electron chi connectivity index (χ0n) is 9.97. The molecule has 4 heteroatoms. The number of rotatable bonds is 2. The minimum Gasteiger partial charge on any atom is -0.454 e. The van der Waals surface area contributed by atoms with E-state index in [1.807, 2.05) is 24.3 Å². The topological polar surface area (TPSA) is 67.8 Å². The molecule has 0 aliphatic heterocycles. The van der Waals surface area contributed by atoms with Gasteiger partial charge in [0.05, 0.1) is 6.20 Å². The molecular formula is C14H13N3O. The number of imidazole rings is 1. The second kappa shape index (κ2) is 4.07. The molecule has 2 heterocycles. The lowest BCUT2D eigenvalue weighted by Crippen LogP contribution is -1.84. The van der Waals surface area contributed by atoms with Gasteiger partial charge >= 0.3 is 0 Å². The van der Waals surface area contributed by atoms with Crippen LogP contribution in [0.2, 0.25) is 0 Å². The Morgan fingerprint density at radius 3 is 2.44 bits per heavy atom. The summed E-state index contributed by atoms with van der Waals surface area (Å²) in [5.41, 5.74) is 8.61. The Bertz CT molecular complexity index is 664. The third kappa shape index (κ3) is 1.88. The Morgan fingerprint density at radius 2 is 1.78 bits per heavy atom. The van der Waals surface area contributed by atoms with E-state index in [0.717, 1.165) is 22.8 Å². The maximum Gasteiger partial charge on any atom is 0.197 e. The monoisotopic (exact) mass is 239 g/mol. The summed E-state index contributed by atoms with van der Waals surface area (Å²) in [7, 11) is 0. The summed E-state index contributed by atoms with van der Waals surface area (Å²) >= 11 is 0. The van der Waals surface area contributed by atoms with Crippen molar-refractivity contribution in [2.45, 2.75) is 6.92 Å². The fourth-order valence-electron chi connectivity index (χ4n) is 1.82. The summed E-state index contributed by atoms with van der Waals surface area (Å²) in [6, 6.07) is 12.1. The van der Waals surface area contributed by atoms with E-state index in [1.165, 1.54) is 5.56 Å². The molecule has 1 aromatic carbocycles. The number of nitrogen functional groups attached to an aromatic ring is 1. The average molecular weight is 239 g/mol. The lowest BCUT2D eigenvalue weighted by atomic mass is 10.1. The molecule has 0 aliphatic carbocycles. The molecule has 18 heavy (non-hydrogen) atoms. The molecule has 0 radical (unpaired) electrons. The van der Waals surface area contributed by atoms with Crippen molar-refractivity contribution in [2.75, 3.05) is 5.73 Å². The van der Waals surface area contributed by atoms with Crippen molar-refractivity contribution in [1.29, 1.82) is 0 Å². The molecule has 90 valence electrons. The zero-order valence-corrected chi connectivity index (χ0v) is 9.97. The molecule has 3 rings (SSSR count). The quantitative estimate of drug-likeness (QED) is 0.721. The Labute approximate surface area is 104 Å². The van der Waals surface area contributed by atoms with Crippen LogP contribution < -0.4 is 5.73 Å². The van der Waals surface area contributed by atoms with E-state index >= 15 is 0 Å². The highest BCUT2D eigenvalue weighted by atomic mass is 16.3. The van der Waals surface area contributed by atoms with Gasteiger partial charge in [-0.25, -0.2) is 4.98 Å². The standard InChI is InChI=1S/C14H13N3O/c1-9-2-4-10(5-3-9)12-6-7-13(18-12)11-8-16-14(15)17-11/h2-8H,1H3,(H3,15,16,17). The summed E-state index contributed by atoms with van der Waals surface area (Å²) in [5, 5.41) is 0. The summed E-state index contributed by atoms with van der Waals surface area (Å²) < 4.78 is 5.78. The fourth-order valence-corrected chi connectivity index (χ4v) is 1.82. The SMILES string of the molecule is Cc1ccc(-c2ccc(-c3cnc(N)[nH]3)o2)cc1. The molecule has 0 spiro atoms. The van der Waals surface area contributed by atoms with Gasteiger partial charge in [0.15, 0.2) is 11.7 Å². The number of aromatic nitrogens is 2. The normalized spacial score (nSPS) is 10.7. The molecule has 0 saturated heterocycles. The van der Waals surface area contributed by atoms with E-state index in [9.17, 15) is 0 Å². The van der Waals surface area contributed by atoms with E-state index in [0.29, 0.717) is 5.95 Å². The number of nitrogens with two attached hydrogens (primary N) is 1. The number of benzene rings is 1. The summed E-state index contributed by atoms with van der Waals surface area (Å²) in [4.78, 5) is 6.89. The van der Waals surface area contributed by atoms with Gasteiger partial charge in [0, 0.05) is 5.56 Å².